The molecule has 10 nitrogen and oxygen atoms in total. The molecule has 0 aliphatic carbocycles. The van der Waals surface area contributed by atoms with E-state index in [9.17, 15) is 19.2 Å². The molecule has 0 aromatic heterocycles. The zero-order chi connectivity index (χ0) is 24.8. The first-order chi connectivity index (χ1) is 15.6. The van der Waals surface area contributed by atoms with Gasteiger partial charge in [0.25, 0.3) is 0 Å². The van der Waals surface area contributed by atoms with Crippen LogP contribution in [0.15, 0.2) is 0 Å². The number of carbonyl (C=O) groups excluding carboxylic acids is 4. The molecule has 1 heterocycles. The minimum Gasteiger partial charge on any atom is -0.463 e. The molecule has 0 saturated carbocycles. The average Bonchev–Trinajstić information content (AvgIpc) is 2.71. The van der Waals surface area contributed by atoms with E-state index in [1.807, 2.05) is 0 Å². The first kappa shape index (κ1) is 28.8. The predicted octanol–water partition coefficient (Wildman–Crippen LogP) is 2.41. The van der Waals surface area contributed by atoms with E-state index in [-0.39, 0.29) is 6.61 Å². The van der Waals surface area contributed by atoms with Crippen molar-refractivity contribution < 1.29 is 42.9 Å². The van der Waals surface area contributed by atoms with Crippen LogP contribution in [0.2, 0.25) is 0 Å². The molecule has 1 amide bonds. The molecule has 0 aromatic rings. The van der Waals surface area contributed by atoms with Gasteiger partial charge in [0.1, 0.15) is 18.8 Å². The molecule has 33 heavy (non-hydrogen) atoms. The smallest absolute Gasteiger partial charge is 0.303 e. The Labute approximate surface area is 196 Å². The van der Waals surface area contributed by atoms with Crippen molar-refractivity contribution >= 4 is 23.8 Å². The predicted molar refractivity (Wildman–Crippen MR) is 118 cm³/mol. The molecule has 1 rings (SSSR count). The summed E-state index contributed by atoms with van der Waals surface area (Å²) < 4.78 is 27.7. The number of hydrogen-bond donors (Lipinski definition) is 1. The number of unbranched alkanes of at least 4 members (excludes halogenated alkanes) is 6. The summed E-state index contributed by atoms with van der Waals surface area (Å²) in [6, 6.07) is -0.922. The van der Waals surface area contributed by atoms with E-state index in [1.54, 1.807) is 0 Å². The van der Waals surface area contributed by atoms with Gasteiger partial charge in [0, 0.05) is 34.3 Å². The van der Waals surface area contributed by atoms with Crippen LogP contribution >= 0.6 is 0 Å². The van der Waals surface area contributed by atoms with E-state index in [0.717, 1.165) is 19.3 Å². The molecule has 0 radical (unpaired) electrons. The van der Waals surface area contributed by atoms with Crippen molar-refractivity contribution in [3.63, 3.8) is 0 Å². The van der Waals surface area contributed by atoms with Gasteiger partial charge in [-0.15, -0.1) is 0 Å². The van der Waals surface area contributed by atoms with Gasteiger partial charge in [0.15, 0.2) is 18.5 Å². The van der Waals surface area contributed by atoms with Gasteiger partial charge in [0.05, 0.1) is 0 Å². The molecule has 10 heteroatoms. The van der Waals surface area contributed by atoms with E-state index in [2.05, 4.69) is 12.2 Å². The van der Waals surface area contributed by atoms with Crippen LogP contribution in [0.25, 0.3) is 0 Å². The molecule has 0 bridgehead atoms. The van der Waals surface area contributed by atoms with Crippen molar-refractivity contribution in [2.24, 2.45) is 0 Å². The third-order valence-electron chi connectivity index (χ3n) is 5.10. The highest BCUT2D eigenvalue weighted by atomic mass is 16.7. The lowest BCUT2D eigenvalue weighted by molar-refractivity contribution is -0.277. The van der Waals surface area contributed by atoms with Gasteiger partial charge >= 0.3 is 17.9 Å². The maximum absolute atomic E-state index is 11.9. The van der Waals surface area contributed by atoms with Gasteiger partial charge in [-0.1, -0.05) is 45.4 Å². The minimum atomic E-state index is -1.11. The van der Waals surface area contributed by atoms with E-state index < -0.39 is 54.5 Å². The zero-order valence-electron chi connectivity index (χ0n) is 20.4. The summed E-state index contributed by atoms with van der Waals surface area (Å²) in [5.41, 5.74) is 0. The second-order valence-electron chi connectivity index (χ2n) is 8.21. The number of hydrogen-bond acceptors (Lipinski definition) is 9. The van der Waals surface area contributed by atoms with E-state index in [1.165, 1.54) is 53.4 Å². The fraction of sp³-hybridized carbons (Fsp3) is 0.826. The zero-order valence-corrected chi connectivity index (χ0v) is 20.4. The number of rotatable bonds is 14. The van der Waals surface area contributed by atoms with E-state index in [0.29, 0.717) is 6.61 Å². The highest BCUT2D eigenvalue weighted by Crippen LogP contribution is 2.28. The number of nitrogens with one attached hydrogen (secondary N) is 1. The molecular formula is C23H39NO9. The van der Waals surface area contributed by atoms with Crippen molar-refractivity contribution in [1.82, 2.24) is 5.32 Å². The Morgan fingerprint density at radius 3 is 1.91 bits per heavy atom. The molecule has 0 aromatic carbocycles. The summed E-state index contributed by atoms with van der Waals surface area (Å²) in [5.74, 6) is -2.22. The summed E-state index contributed by atoms with van der Waals surface area (Å²) in [4.78, 5) is 46.8. The van der Waals surface area contributed by atoms with Gasteiger partial charge in [0.2, 0.25) is 5.91 Å². The normalized spacial score (nSPS) is 24.6. The molecule has 1 aliphatic heterocycles. The molecule has 1 N–H and O–H groups in total. The van der Waals surface area contributed by atoms with Crippen LogP contribution in [0.1, 0.15) is 79.6 Å². The van der Waals surface area contributed by atoms with Crippen molar-refractivity contribution in [2.75, 3.05) is 13.2 Å². The summed E-state index contributed by atoms with van der Waals surface area (Å²) in [6.07, 6.45) is 3.54. The molecule has 1 saturated heterocycles. The lowest BCUT2D eigenvalue weighted by atomic mass is 9.96. The topological polar surface area (TPSA) is 126 Å². The quantitative estimate of drug-likeness (QED) is 0.230. The van der Waals surface area contributed by atoms with Crippen LogP contribution in [-0.4, -0.2) is 67.7 Å². The maximum Gasteiger partial charge on any atom is 0.303 e. The first-order valence-electron chi connectivity index (χ1n) is 11.7. The number of amides is 1. The summed E-state index contributed by atoms with van der Waals surface area (Å²) in [5, 5.41) is 2.69. The highest BCUT2D eigenvalue weighted by Gasteiger charge is 2.51. The fourth-order valence-electron chi connectivity index (χ4n) is 3.69. The van der Waals surface area contributed by atoms with Crippen molar-refractivity contribution in [1.29, 1.82) is 0 Å². The number of carbonyl (C=O) groups is 4. The summed E-state index contributed by atoms with van der Waals surface area (Å²) in [7, 11) is 0. The van der Waals surface area contributed by atoms with E-state index in [4.69, 9.17) is 23.7 Å². The lowest BCUT2D eigenvalue weighted by Gasteiger charge is -2.44. The lowest BCUT2D eigenvalue weighted by Crippen LogP contribution is -2.66. The molecule has 5 atom stereocenters. The third-order valence-corrected chi connectivity index (χ3v) is 5.10. The molecule has 0 unspecified atom stereocenters. The first-order valence-corrected chi connectivity index (χ1v) is 11.7. The highest BCUT2D eigenvalue weighted by molar-refractivity contribution is 5.73. The van der Waals surface area contributed by atoms with Crippen LogP contribution in [-0.2, 0) is 42.9 Å². The van der Waals surface area contributed by atoms with Gasteiger partial charge in [-0.25, -0.2) is 0 Å². The van der Waals surface area contributed by atoms with Gasteiger partial charge in [-0.2, -0.15) is 0 Å². The molecular weight excluding hydrogens is 434 g/mol. The second kappa shape index (κ2) is 15.6. The SMILES string of the molecule is CCCCCCCCCO[C@@H]1O[C@H](COC(C)=O)[C@H](OC(C)=O)[C@H](OC(C)=O)[C@H]1NC(C)=O. The Kier molecular flexibility index (Phi) is 13.6. The molecule has 1 aliphatic rings. The Balaban J connectivity index is 2.95. The summed E-state index contributed by atoms with van der Waals surface area (Å²) in [6.45, 7) is 7.25. The minimum absolute atomic E-state index is 0.241. The van der Waals surface area contributed by atoms with Crippen molar-refractivity contribution in [3.8, 4) is 0 Å². The largest absolute Gasteiger partial charge is 0.463 e. The van der Waals surface area contributed by atoms with Gasteiger partial charge in [-0.05, 0) is 6.42 Å². The third kappa shape index (κ3) is 11.5. The standard InChI is InChI=1S/C23H39NO9/c1-6-7-8-9-10-11-12-13-29-23-20(24-15(2)25)22(32-18(5)28)21(31-17(4)27)19(33-23)14-30-16(3)26/h19-23H,6-14H2,1-5H3,(H,24,25)/t19-,20-,21+,22-,23-/m1/s1. The number of esters is 3. The van der Waals surface area contributed by atoms with Crippen molar-refractivity contribution in [3.05, 3.63) is 0 Å². The van der Waals surface area contributed by atoms with Crippen LogP contribution in [0, 0.1) is 0 Å². The van der Waals surface area contributed by atoms with Gasteiger partial charge in [-0.3, -0.25) is 19.2 Å². The second-order valence-corrected chi connectivity index (χ2v) is 8.21. The Morgan fingerprint density at radius 1 is 0.788 bits per heavy atom. The van der Waals surface area contributed by atoms with E-state index >= 15 is 0 Å². The van der Waals surface area contributed by atoms with Crippen LogP contribution in [0.3, 0.4) is 0 Å². The Bertz CT molecular complexity index is 639. The van der Waals surface area contributed by atoms with Gasteiger partial charge < -0.3 is 29.0 Å². The van der Waals surface area contributed by atoms with Crippen LogP contribution in [0.4, 0.5) is 0 Å². The van der Waals surface area contributed by atoms with Crippen molar-refractivity contribution in [2.45, 2.75) is 110 Å². The average molecular weight is 474 g/mol. The maximum atomic E-state index is 11.9. The molecule has 0 spiro atoms. The monoisotopic (exact) mass is 473 g/mol. The number of ether oxygens (including phenoxy) is 5. The Morgan fingerprint density at radius 2 is 1.36 bits per heavy atom. The molecule has 1 fully saturated rings. The molecule has 190 valence electrons. The Hall–Kier alpha value is -2.20. The fourth-order valence-corrected chi connectivity index (χ4v) is 3.69. The van der Waals surface area contributed by atoms with Crippen LogP contribution in [0.5, 0.6) is 0 Å². The summed E-state index contributed by atoms with van der Waals surface area (Å²) >= 11 is 0. The van der Waals surface area contributed by atoms with Crippen LogP contribution < -0.4 is 5.32 Å².